The summed E-state index contributed by atoms with van der Waals surface area (Å²) in [6.45, 7) is 4.72. The van der Waals surface area contributed by atoms with Gasteiger partial charge in [-0.15, -0.1) is 0 Å². The van der Waals surface area contributed by atoms with Crippen LogP contribution in [0.2, 0.25) is 5.02 Å². The first-order valence-corrected chi connectivity index (χ1v) is 16.0. The third kappa shape index (κ3) is 14.8. The molecule has 0 unspecified atom stereocenters. The Morgan fingerprint density at radius 1 is 1.28 bits per heavy atom. The summed E-state index contributed by atoms with van der Waals surface area (Å²) in [6.07, 6.45) is 4.22. The van der Waals surface area contributed by atoms with Crippen molar-refractivity contribution < 1.29 is 41.3 Å². The first kappa shape index (κ1) is 21.1. The normalized spacial score (nSPS) is 15.4. The van der Waals surface area contributed by atoms with Gasteiger partial charge in [0, 0.05) is 0 Å². The second kappa shape index (κ2) is 11.6. The minimum atomic E-state index is -5.84. The number of hydrogen-bond donors (Lipinski definition) is 2. The van der Waals surface area contributed by atoms with Crippen LogP contribution in [-0.2, 0) is 25.3 Å². The Balaban J connectivity index is 0. The number of alkyl halides is 3. The van der Waals surface area contributed by atoms with Gasteiger partial charge in [-0.25, -0.2) is 0 Å². The molecule has 0 saturated carbocycles. The SMILES string of the molecule is C1CCNCC1.C[CH2][Zn][Br].O=S(=O)(O)C(F)(F)F. The molecule has 2 N–H and O–H groups in total. The van der Waals surface area contributed by atoms with Gasteiger partial charge in [-0.1, -0.05) is 6.42 Å². The second-order valence-electron chi connectivity index (χ2n) is 3.42. The van der Waals surface area contributed by atoms with Crippen LogP contribution in [0.25, 0.3) is 0 Å². The van der Waals surface area contributed by atoms with E-state index in [1.807, 2.05) is 0 Å². The van der Waals surface area contributed by atoms with Crippen molar-refractivity contribution in [3.63, 3.8) is 0 Å². The smallest absolute Gasteiger partial charge is 0.279 e. The Labute approximate surface area is 120 Å². The van der Waals surface area contributed by atoms with E-state index >= 15 is 0 Å². The zero-order valence-corrected chi connectivity index (χ0v) is 15.5. The molecule has 108 valence electrons. The molecule has 0 aliphatic carbocycles. The van der Waals surface area contributed by atoms with Crippen molar-refractivity contribution in [2.45, 2.75) is 36.7 Å². The summed E-state index contributed by atoms with van der Waals surface area (Å²) < 4.78 is 57.5. The first-order valence-electron chi connectivity index (χ1n) is 5.47. The fourth-order valence-electron chi connectivity index (χ4n) is 0.802. The average Bonchev–Trinajstić information content (AvgIpc) is 2.30. The van der Waals surface area contributed by atoms with Crippen molar-refractivity contribution in [1.82, 2.24) is 5.32 Å². The largest absolute Gasteiger partial charge is 0.522 e. The first-order chi connectivity index (χ1) is 8.16. The topological polar surface area (TPSA) is 66.4 Å². The summed E-state index contributed by atoms with van der Waals surface area (Å²) in [5.74, 6) is 0. The van der Waals surface area contributed by atoms with Gasteiger partial charge in [0.2, 0.25) is 0 Å². The Kier molecular flexibility index (Phi) is 13.6. The van der Waals surface area contributed by atoms with E-state index in [0.717, 1.165) is 0 Å². The molecular formula is C8H17BrF3NO3SZn. The van der Waals surface area contributed by atoms with E-state index in [4.69, 9.17) is 13.0 Å². The van der Waals surface area contributed by atoms with E-state index in [1.165, 1.54) is 37.4 Å². The van der Waals surface area contributed by atoms with Crippen LogP contribution in [0.15, 0.2) is 0 Å². The summed E-state index contributed by atoms with van der Waals surface area (Å²) in [6, 6.07) is 0. The fraction of sp³-hybridized carbons (Fsp3) is 1.00. The van der Waals surface area contributed by atoms with Gasteiger partial charge in [-0.05, 0) is 25.9 Å². The van der Waals surface area contributed by atoms with Gasteiger partial charge < -0.3 is 5.32 Å². The van der Waals surface area contributed by atoms with E-state index < -0.39 is 15.6 Å². The molecule has 0 bridgehead atoms. The molecule has 1 aliphatic heterocycles. The number of piperidine rings is 1. The molecule has 18 heavy (non-hydrogen) atoms. The maximum absolute atomic E-state index is 10.7. The van der Waals surface area contributed by atoms with Crippen LogP contribution < -0.4 is 5.32 Å². The molecule has 1 aliphatic rings. The van der Waals surface area contributed by atoms with Crippen molar-refractivity contribution in [1.29, 1.82) is 0 Å². The van der Waals surface area contributed by atoms with Crippen LogP contribution in [0, 0.1) is 0 Å². The molecule has 0 amide bonds. The molecule has 0 spiro atoms. The Hall–Kier alpha value is 0.763. The number of halogens is 4. The van der Waals surface area contributed by atoms with Crippen LogP contribution in [0.5, 0.6) is 0 Å². The molecule has 0 aromatic rings. The van der Waals surface area contributed by atoms with E-state index in [0.29, 0.717) is 0 Å². The predicted octanol–water partition coefficient (Wildman–Crippen LogP) is 2.97. The summed E-state index contributed by atoms with van der Waals surface area (Å²) in [4.78, 5) is 0. The van der Waals surface area contributed by atoms with Crippen molar-refractivity contribution in [3.05, 3.63) is 0 Å². The van der Waals surface area contributed by atoms with Crippen LogP contribution in [-0.4, -0.2) is 31.6 Å². The molecule has 10 heteroatoms. The number of rotatable bonds is 1. The summed E-state index contributed by atoms with van der Waals surface area (Å²) in [5, 5.41) is 4.71. The monoisotopic (exact) mass is 407 g/mol. The number of nitrogens with one attached hydrogen (secondary N) is 1. The van der Waals surface area contributed by atoms with Gasteiger partial charge in [0.15, 0.2) is 0 Å². The second-order valence-corrected chi connectivity index (χ2v) is 11.8. The van der Waals surface area contributed by atoms with Gasteiger partial charge in [0.05, 0.1) is 0 Å². The van der Waals surface area contributed by atoms with Gasteiger partial charge in [0.25, 0.3) is 0 Å². The van der Waals surface area contributed by atoms with Crippen molar-refractivity contribution >= 4 is 23.7 Å². The van der Waals surface area contributed by atoms with E-state index in [1.54, 1.807) is 0 Å². The molecule has 1 heterocycles. The minimum Gasteiger partial charge on any atom is -0.279 e. The maximum atomic E-state index is 10.7. The van der Waals surface area contributed by atoms with Gasteiger partial charge in [-0.2, -0.15) is 21.6 Å². The van der Waals surface area contributed by atoms with Crippen LogP contribution >= 0.6 is 13.6 Å². The van der Waals surface area contributed by atoms with E-state index in [2.05, 4.69) is 25.9 Å². The Bertz CT molecular complexity index is 270. The minimum absolute atomic E-state index is 0.0764. The Morgan fingerprint density at radius 2 is 1.61 bits per heavy atom. The van der Waals surface area contributed by atoms with Gasteiger partial charge in [0.1, 0.15) is 0 Å². The van der Waals surface area contributed by atoms with E-state index in [-0.39, 0.29) is 15.2 Å². The quantitative estimate of drug-likeness (QED) is 0.397. The fourth-order valence-corrected chi connectivity index (χ4v) is 0.802. The third-order valence-electron chi connectivity index (χ3n) is 1.69. The predicted molar refractivity (Wildman–Crippen MR) is 63.7 cm³/mol. The summed E-state index contributed by atoms with van der Waals surface area (Å²) in [5.41, 5.74) is -5.53. The maximum Gasteiger partial charge on any atom is 0.522 e. The molecule has 1 rings (SSSR count). The van der Waals surface area contributed by atoms with Crippen molar-refractivity contribution in [2.75, 3.05) is 13.1 Å². The summed E-state index contributed by atoms with van der Waals surface area (Å²) in [7, 11) is -5.84. The standard InChI is InChI=1S/C5H11N.C2H5.CHF3O3S.BrH.Zn/c1-2-4-6-5-3-1;1-2;2-1(3,4)8(5,6)7;;/h6H,1-5H2;1H2,2H3;(H,5,6,7);1H;/q;;;;+1/p-1. The van der Waals surface area contributed by atoms with Crippen LogP contribution in [0.1, 0.15) is 26.2 Å². The van der Waals surface area contributed by atoms with Crippen LogP contribution in [0.3, 0.4) is 0 Å². The van der Waals surface area contributed by atoms with Crippen LogP contribution in [0.4, 0.5) is 13.2 Å². The molecule has 1 fully saturated rings. The molecular weight excluding hydrogens is 392 g/mol. The zero-order valence-electron chi connectivity index (χ0n) is 10.1. The molecule has 0 aromatic carbocycles. The average molecular weight is 410 g/mol. The zero-order chi connectivity index (χ0) is 14.7. The molecule has 1 saturated heterocycles. The van der Waals surface area contributed by atoms with E-state index in [9.17, 15) is 13.2 Å². The third-order valence-corrected chi connectivity index (χ3v) is 7.19. The molecule has 0 aromatic heterocycles. The molecule has 0 radical (unpaired) electrons. The number of hydrogen-bond acceptors (Lipinski definition) is 3. The van der Waals surface area contributed by atoms with Gasteiger partial charge >= 0.3 is 56.4 Å². The van der Waals surface area contributed by atoms with Gasteiger partial charge in [-0.3, -0.25) is 4.55 Å². The Morgan fingerprint density at radius 3 is 1.67 bits per heavy atom. The summed E-state index contributed by atoms with van der Waals surface area (Å²) >= 11 is 3.36. The molecule has 4 nitrogen and oxygen atoms in total. The van der Waals surface area contributed by atoms with Crippen molar-refractivity contribution in [3.8, 4) is 0 Å². The van der Waals surface area contributed by atoms with Crippen molar-refractivity contribution in [2.24, 2.45) is 0 Å². The molecule has 0 atom stereocenters.